The summed E-state index contributed by atoms with van der Waals surface area (Å²) in [4.78, 5) is 12.0. The van der Waals surface area contributed by atoms with Gasteiger partial charge in [0.2, 0.25) is 0 Å². The maximum Gasteiger partial charge on any atom is 0.373 e. The third-order valence-electron chi connectivity index (χ3n) is 7.30. The number of carbonyl (C=O) groups is 1. The van der Waals surface area contributed by atoms with Crippen LogP contribution in [0.2, 0.25) is 0 Å². The molecule has 1 aromatic rings. The molecule has 0 saturated heterocycles. The van der Waals surface area contributed by atoms with Gasteiger partial charge in [-0.05, 0) is 56.1 Å². The number of carboxylic acids is 1. The molecule has 0 aromatic heterocycles. The number of rotatable bonds is 7. The molecule has 166 valence electrons. The highest BCUT2D eigenvalue weighted by Crippen LogP contribution is 2.56. The number of benzene rings is 1. The first-order valence-electron chi connectivity index (χ1n) is 12.0. The standard InChI is InChI=1S/C25H36O5/c1-2-3-16-28-20-14-15-21-22(17-20)29-24(23(26)27)30-25(21,18-10-6-4-7-11-18)19-12-8-5-9-13-19/h14-15,17-19,24H,2-13,16H2,1H3,(H,26,27). The van der Waals surface area contributed by atoms with Crippen molar-refractivity contribution >= 4 is 5.97 Å². The normalized spacial score (nSPS) is 24.6. The van der Waals surface area contributed by atoms with Gasteiger partial charge in [0, 0.05) is 11.6 Å². The van der Waals surface area contributed by atoms with E-state index < -0.39 is 17.9 Å². The first-order chi connectivity index (χ1) is 14.6. The van der Waals surface area contributed by atoms with E-state index in [9.17, 15) is 9.90 Å². The lowest BCUT2D eigenvalue weighted by molar-refractivity contribution is -0.252. The topological polar surface area (TPSA) is 65.0 Å². The Balaban J connectivity index is 1.76. The van der Waals surface area contributed by atoms with Crippen LogP contribution in [0.4, 0.5) is 0 Å². The molecule has 5 nitrogen and oxygen atoms in total. The maximum atomic E-state index is 12.0. The molecule has 1 aliphatic heterocycles. The Morgan fingerprint density at radius 3 is 2.27 bits per heavy atom. The van der Waals surface area contributed by atoms with Gasteiger partial charge in [-0.1, -0.05) is 51.9 Å². The number of fused-ring (bicyclic) bond motifs is 1. The van der Waals surface area contributed by atoms with Crippen molar-refractivity contribution in [1.82, 2.24) is 0 Å². The lowest BCUT2D eigenvalue weighted by atomic mass is 9.63. The van der Waals surface area contributed by atoms with Gasteiger partial charge < -0.3 is 19.3 Å². The van der Waals surface area contributed by atoms with Gasteiger partial charge in [-0.2, -0.15) is 0 Å². The highest BCUT2D eigenvalue weighted by molar-refractivity contribution is 5.72. The third-order valence-corrected chi connectivity index (χ3v) is 7.30. The second-order valence-electron chi connectivity index (χ2n) is 9.23. The largest absolute Gasteiger partial charge is 0.493 e. The molecule has 1 atom stereocenters. The molecular weight excluding hydrogens is 380 g/mol. The molecule has 1 unspecified atom stereocenters. The second kappa shape index (κ2) is 9.59. The molecule has 5 heteroatoms. The number of ether oxygens (including phenoxy) is 3. The van der Waals surface area contributed by atoms with E-state index in [1.54, 1.807) is 0 Å². The fourth-order valence-electron chi connectivity index (χ4n) is 5.86. The molecule has 4 rings (SSSR count). The van der Waals surface area contributed by atoms with Crippen LogP contribution in [0.15, 0.2) is 18.2 Å². The molecule has 1 N–H and O–H groups in total. The lowest BCUT2D eigenvalue weighted by Gasteiger charge is -2.52. The van der Waals surface area contributed by atoms with Crippen LogP contribution in [0, 0.1) is 11.8 Å². The molecule has 0 radical (unpaired) electrons. The molecule has 3 aliphatic rings. The summed E-state index contributed by atoms with van der Waals surface area (Å²) in [7, 11) is 0. The molecule has 30 heavy (non-hydrogen) atoms. The van der Waals surface area contributed by atoms with Gasteiger partial charge in [-0.3, -0.25) is 0 Å². The van der Waals surface area contributed by atoms with E-state index in [0.717, 1.165) is 49.8 Å². The van der Waals surface area contributed by atoms with Crippen molar-refractivity contribution in [3.63, 3.8) is 0 Å². The van der Waals surface area contributed by atoms with Crippen LogP contribution in [-0.2, 0) is 15.1 Å². The zero-order chi connectivity index (χ0) is 21.0. The Labute approximate surface area is 180 Å². The van der Waals surface area contributed by atoms with Gasteiger partial charge in [0.15, 0.2) is 0 Å². The van der Waals surface area contributed by atoms with Crippen LogP contribution in [-0.4, -0.2) is 24.0 Å². The fraction of sp³-hybridized carbons (Fsp3) is 0.720. The summed E-state index contributed by atoms with van der Waals surface area (Å²) < 4.78 is 18.3. The Morgan fingerprint density at radius 1 is 1.07 bits per heavy atom. The van der Waals surface area contributed by atoms with Gasteiger partial charge in [0.1, 0.15) is 17.1 Å². The Bertz CT molecular complexity index is 700. The van der Waals surface area contributed by atoms with Gasteiger partial charge in [0.25, 0.3) is 6.29 Å². The monoisotopic (exact) mass is 416 g/mol. The molecule has 0 spiro atoms. The number of aliphatic carboxylic acids is 1. The van der Waals surface area contributed by atoms with Crippen molar-refractivity contribution in [2.75, 3.05) is 6.61 Å². The third kappa shape index (κ3) is 4.18. The van der Waals surface area contributed by atoms with Crippen LogP contribution < -0.4 is 9.47 Å². The predicted octanol–water partition coefficient (Wildman–Crippen LogP) is 6.04. The fourth-order valence-corrected chi connectivity index (χ4v) is 5.86. The molecule has 0 amide bonds. The van der Waals surface area contributed by atoms with Crippen molar-refractivity contribution in [2.45, 2.75) is 95.9 Å². The Kier molecular flexibility index (Phi) is 6.87. The first-order valence-corrected chi connectivity index (χ1v) is 12.0. The van der Waals surface area contributed by atoms with E-state index in [1.165, 1.54) is 38.5 Å². The Morgan fingerprint density at radius 2 is 1.70 bits per heavy atom. The lowest BCUT2D eigenvalue weighted by Crippen LogP contribution is -2.54. The number of hydrogen-bond acceptors (Lipinski definition) is 4. The van der Waals surface area contributed by atoms with E-state index in [2.05, 4.69) is 13.0 Å². The van der Waals surface area contributed by atoms with Gasteiger partial charge >= 0.3 is 5.97 Å². The van der Waals surface area contributed by atoms with E-state index >= 15 is 0 Å². The van der Waals surface area contributed by atoms with E-state index in [1.807, 2.05) is 12.1 Å². The minimum atomic E-state index is -1.26. The summed E-state index contributed by atoms with van der Waals surface area (Å²) in [5, 5.41) is 9.85. The zero-order valence-corrected chi connectivity index (χ0v) is 18.2. The number of hydrogen-bond donors (Lipinski definition) is 1. The quantitative estimate of drug-likeness (QED) is 0.549. The van der Waals surface area contributed by atoms with Crippen molar-refractivity contribution in [1.29, 1.82) is 0 Å². The van der Waals surface area contributed by atoms with Crippen LogP contribution >= 0.6 is 0 Å². The average Bonchev–Trinajstić information content (AvgIpc) is 2.79. The highest BCUT2D eigenvalue weighted by atomic mass is 16.7. The number of unbranched alkanes of at least 4 members (excludes halogenated alkanes) is 1. The summed E-state index contributed by atoms with van der Waals surface area (Å²) in [5.41, 5.74) is 0.473. The van der Waals surface area contributed by atoms with Crippen molar-refractivity contribution in [2.24, 2.45) is 11.8 Å². The first kappa shape index (κ1) is 21.5. The van der Waals surface area contributed by atoms with Crippen LogP contribution in [0.3, 0.4) is 0 Å². The molecule has 2 aliphatic carbocycles. The summed E-state index contributed by atoms with van der Waals surface area (Å²) >= 11 is 0. The zero-order valence-electron chi connectivity index (χ0n) is 18.2. The molecule has 1 heterocycles. The average molecular weight is 417 g/mol. The summed E-state index contributed by atoms with van der Waals surface area (Å²) in [5.74, 6) is 1.01. The molecule has 0 bridgehead atoms. The Hall–Kier alpha value is -1.75. The van der Waals surface area contributed by atoms with Crippen LogP contribution in [0.5, 0.6) is 11.5 Å². The second-order valence-corrected chi connectivity index (χ2v) is 9.23. The SMILES string of the molecule is CCCCOc1ccc2c(c1)OC(C(=O)O)OC2(C1CCCCC1)C1CCCCC1. The van der Waals surface area contributed by atoms with Crippen molar-refractivity contribution in [3.8, 4) is 11.5 Å². The van der Waals surface area contributed by atoms with Crippen molar-refractivity contribution < 1.29 is 24.1 Å². The van der Waals surface area contributed by atoms with E-state index in [4.69, 9.17) is 14.2 Å². The summed E-state index contributed by atoms with van der Waals surface area (Å²) in [6, 6.07) is 6.00. The van der Waals surface area contributed by atoms with E-state index in [0.29, 0.717) is 24.2 Å². The van der Waals surface area contributed by atoms with Gasteiger partial charge in [-0.15, -0.1) is 0 Å². The maximum absolute atomic E-state index is 12.0. The minimum Gasteiger partial charge on any atom is -0.493 e. The summed E-state index contributed by atoms with van der Waals surface area (Å²) in [6.07, 6.45) is 12.5. The molecule has 2 fully saturated rings. The van der Waals surface area contributed by atoms with E-state index in [-0.39, 0.29) is 0 Å². The molecule has 2 saturated carbocycles. The molecular formula is C25H36O5. The summed E-state index contributed by atoms with van der Waals surface area (Å²) in [6.45, 7) is 2.79. The van der Waals surface area contributed by atoms with Gasteiger partial charge in [0.05, 0.1) is 6.61 Å². The number of carboxylic acid groups (broad SMARTS) is 1. The molecule has 1 aromatic carbocycles. The smallest absolute Gasteiger partial charge is 0.373 e. The highest BCUT2D eigenvalue weighted by Gasteiger charge is 2.54. The van der Waals surface area contributed by atoms with Crippen molar-refractivity contribution in [3.05, 3.63) is 23.8 Å². The predicted molar refractivity (Wildman–Crippen MR) is 115 cm³/mol. The van der Waals surface area contributed by atoms with Crippen LogP contribution in [0.1, 0.15) is 89.5 Å². The minimum absolute atomic E-state index is 0.339. The van der Waals surface area contributed by atoms with Crippen LogP contribution in [0.25, 0.3) is 0 Å². The van der Waals surface area contributed by atoms with Gasteiger partial charge in [-0.25, -0.2) is 4.79 Å².